The van der Waals surface area contributed by atoms with Crippen LogP contribution in [0.25, 0.3) is 16.6 Å². The molecule has 0 aliphatic rings. The third-order valence-electron chi connectivity index (χ3n) is 4.16. The molecular weight excluding hydrogens is 326 g/mol. The predicted molar refractivity (Wildman–Crippen MR) is 98.7 cm³/mol. The Kier molecular flexibility index (Phi) is 4.38. The summed E-state index contributed by atoms with van der Waals surface area (Å²) in [7, 11) is 0. The van der Waals surface area contributed by atoms with Gasteiger partial charge in [0.25, 0.3) is 5.91 Å². The topological polar surface area (TPSA) is 72.2 Å². The molecule has 26 heavy (non-hydrogen) atoms. The van der Waals surface area contributed by atoms with Crippen molar-refractivity contribution >= 4 is 11.4 Å². The first kappa shape index (κ1) is 16.0. The van der Waals surface area contributed by atoms with Crippen LogP contribution in [0.5, 0.6) is 0 Å². The van der Waals surface area contributed by atoms with Gasteiger partial charge in [-0.3, -0.25) is 19.2 Å². The SMILES string of the molecule is O=C(NCCc1ccccn1)c1ncc2c(-c3ccncc3)cccn12. The maximum absolute atomic E-state index is 12.5. The van der Waals surface area contributed by atoms with E-state index in [-0.39, 0.29) is 5.91 Å². The molecule has 0 saturated carbocycles. The number of carbonyl (C=O) groups excluding carboxylic acids is 1. The van der Waals surface area contributed by atoms with Crippen LogP contribution in [0.15, 0.2) is 73.4 Å². The van der Waals surface area contributed by atoms with Crippen LogP contribution in [-0.2, 0) is 6.42 Å². The average molecular weight is 343 g/mol. The second-order valence-electron chi connectivity index (χ2n) is 5.82. The van der Waals surface area contributed by atoms with Crippen molar-refractivity contribution in [3.05, 3.63) is 85.0 Å². The smallest absolute Gasteiger partial charge is 0.287 e. The maximum atomic E-state index is 12.5. The normalized spacial score (nSPS) is 10.8. The molecular formula is C20H17N5O. The van der Waals surface area contributed by atoms with Crippen molar-refractivity contribution in [2.24, 2.45) is 0 Å². The van der Waals surface area contributed by atoms with Crippen molar-refractivity contribution in [1.29, 1.82) is 0 Å². The van der Waals surface area contributed by atoms with Crippen molar-refractivity contribution in [2.75, 3.05) is 6.54 Å². The summed E-state index contributed by atoms with van der Waals surface area (Å²) in [5, 5.41) is 2.91. The summed E-state index contributed by atoms with van der Waals surface area (Å²) in [5.41, 5.74) is 3.87. The van der Waals surface area contributed by atoms with E-state index in [1.165, 1.54) is 0 Å². The van der Waals surface area contributed by atoms with E-state index in [4.69, 9.17) is 0 Å². The highest BCUT2D eigenvalue weighted by Gasteiger charge is 2.14. The van der Waals surface area contributed by atoms with Gasteiger partial charge in [0, 0.05) is 49.0 Å². The van der Waals surface area contributed by atoms with Gasteiger partial charge in [0.05, 0.1) is 11.7 Å². The van der Waals surface area contributed by atoms with Crippen LogP contribution in [0.2, 0.25) is 0 Å². The highest BCUT2D eigenvalue weighted by Crippen LogP contribution is 2.24. The first-order chi connectivity index (χ1) is 12.8. The van der Waals surface area contributed by atoms with Crippen molar-refractivity contribution in [1.82, 2.24) is 24.7 Å². The van der Waals surface area contributed by atoms with Crippen LogP contribution >= 0.6 is 0 Å². The second kappa shape index (κ2) is 7.14. The molecule has 128 valence electrons. The number of aromatic nitrogens is 4. The lowest BCUT2D eigenvalue weighted by Gasteiger charge is -2.07. The summed E-state index contributed by atoms with van der Waals surface area (Å²) in [6.45, 7) is 0.509. The van der Waals surface area contributed by atoms with Crippen molar-refractivity contribution in [2.45, 2.75) is 6.42 Å². The second-order valence-corrected chi connectivity index (χ2v) is 5.82. The minimum Gasteiger partial charge on any atom is -0.349 e. The van der Waals surface area contributed by atoms with Gasteiger partial charge in [-0.1, -0.05) is 12.1 Å². The Morgan fingerprint density at radius 1 is 1.00 bits per heavy atom. The van der Waals surface area contributed by atoms with Crippen LogP contribution in [0.1, 0.15) is 16.3 Å². The van der Waals surface area contributed by atoms with E-state index in [1.807, 2.05) is 53.1 Å². The average Bonchev–Trinajstić information content (AvgIpc) is 3.14. The minimum atomic E-state index is -0.201. The molecule has 6 heteroatoms. The van der Waals surface area contributed by atoms with Gasteiger partial charge in [-0.05, 0) is 35.9 Å². The number of imidazole rings is 1. The number of carbonyl (C=O) groups is 1. The molecule has 0 saturated heterocycles. The largest absolute Gasteiger partial charge is 0.349 e. The van der Waals surface area contributed by atoms with Gasteiger partial charge in [-0.2, -0.15) is 0 Å². The Morgan fingerprint density at radius 2 is 1.88 bits per heavy atom. The van der Waals surface area contributed by atoms with Crippen LogP contribution < -0.4 is 5.32 Å². The Morgan fingerprint density at radius 3 is 2.69 bits per heavy atom. The lowest BCUT2D eigenvalue weighted by molar-refractivity contribution is 0.0943. The van der Waals surface area contributed by atoms with Gasteiger partial charge >= 0.3 is 0 Å². The molecule has 4 aromatic rings. The molecule has 0 aliphatic heterocycles. The predicted octanol–water partition coefficient (Wildman–Crippen LogP) is 2.76. The molecule has 0 atom stereocenters. The molecule has 4 heterocycles. The molecule has 6 nitrogen and oxygen atoms in total. The summed E-state index contributed by atoms with van der Waals surface area (Å²) in [6, 6.07) is 13.6. The van der Waals surface area contributed by atoms with E-state index >= 15 is 0 Å². The molecule has 0 unspecified atom stereocenters. The monoisotopic (exact) mass is 343 g/mol. The number of hydrogen-bond donors (Lipinski definition) is 1. The fourth-order valence-corrected chi connectivity index (χ4v) is 2.89. The van der Waals surface area contributed by atoms with Crippen LogP contribution in [-0.4, -0.2) is 31.8 Å². The fraction of sp³-hybridized carbons (Fsp3) is 0.100. The van der Waals surface area contributed by atoms with Gasteiger partial charge in [-0.25, -0.2) is 4.98 Å². The molecule has 1 amide bonds. The Hall–Kier alpha value is -3.54. The van der Waals surface area contributed by atoms with E-state index in [9.17, 15) is 4.79 Å². The molecule has 0 radical (unpaired) electrons. The zero-order chi connectivity index (χ0) is 17.8. The third kappa shape index (κ3) is 3.17. The maximum Gasteiger partial charge on any atom is 0.287 e. The third-order valence-corrected chi connectivity index (χ3v) is 4.16. The quantitative estimate of drug-likeness (QED) is 0.605. The number of hydrogen-bond acceptors (Lipinski definition) is 4. The van der Waals surface area contributed by atoms with Crippen LogP contribution in [0, 0.1) is 0 Å². The van der Waals surface area contributed by atoms with Gasteiger partial charge in [0.1, 0.15) is 0 Å². The van der Waals surface area contributed by atoms with Crippen molar-refractivity contribution < 1.29 is 4.79 Å². The molecule has 4 aromatic heterocycles. The zero-order valence-electron chi connectivity index (χ0n) is 14.0. The molecule has 0 aliphatic carbocycles. The minimum absolute atomic E-state index is 0.201. The summed E-state index contributed by atoms with van der Waals surface area (Å²) < 4.78 is 1.81. The Balaban J connectivity index is 1.55. The highest BCUT2D eigenvalue weighted by molar-refractivity contribution is 5.93. The summed E-state index contributed by atoms with van der Waals surface area (Å²) in [4.78, 5) is 25.2. The Labute approximate surface area is 150 Å². The number of rotatable bonds is 5. The number of pyridine rings is 3. The molecule has 4 rings (SSSR count). The van der Waals surface area contributed by atoms with E-state index < -0.39 is 0 Å². The van der Waals surface area contributed by atoms with Crippen LogP contribution in [0.3, 0.4) is 0 Å². The lowest BCUT2D eigenvalue weighted by atomic mass is 10.1. The lowest BCUT2D eigenvalue weighted by Crippen LogP contribution is -2.27. The first-order valence-electron chi connectivity index (χ1n) is 8.37. The molecule has 0 aromatic carbocycles. The van der Waals surface area contributed by atoms with E-state index in [0.717, 1.165) is 22.3 Å². The van der Waals surface area contributed by atoms with Crippen molar-refractivity contribution in [3.63, 3.8) is 0 Å². The standard InChI is InChI=1S/C20H17N5O/c26-20(23-12-8-16-4-1-2-9-22-16)19-24-14-18-17(5-3-13-25(18)19)15-6-10-21-11-7-15/h1-7,9-11,13-14H,8,12H2,(H,23,26). The fourth-order valence-electron chi connectivity index (χ4n) is 2.89. The van der Waals surface area contributed by atoms with E-state index in [1.54, 1.807) is 24.8 Å². The van der Waals surface area contributed by atoms with Crippen LogP contribution in [0.4, 0.5) is 0 Å². The Bertz CT molecular complexity index is 1030. The summed E-state index contributed by atoms with van der Waals surface area (Å²) in [5.74, 6) is 0.171. The number of nitrogens with one attached hydrogen (secondary N) is 1. The zero-order valence-corrected chi connectivity index (χ0v) is 14.0. The summed E-state index contributed by atoms with van der Waals surface area (Å²) >= 11 is 0. The highest BCUT2D eigenvalue weighted by atomic mass is 16.2. The number of fused-ring (bicyclic) bond motifs is 1. The van der Waals surface area contributed by atoms with E-state index in [2.05, 4.69) is 20.3 Å². The van der Waals surface area contributed by atoms with Gasteiger partial charge in [0.2, 0.25) is 5.82 Å². The van der Waals surface area contributed by atoms with Gasteiger partial charge < -0.3 is 5.32 Å². The molecule has 0 fully saturated rings. The number of nitrogens with zero attached hydrogens (tertiary/aromatic N) is 4. The van der Waals surface area contributed by atoms with Crippen molar-refractivity contribution in [3.8, 4) is 11.1 Å². The first-order valence-corrected chi connectivity index (χ1v) is 8.37. The molecule has 0 bridgehead atoms. The number of amides is 1. The molecule has 1 N–H and O–H groups in total. The summed E-state index contributed by atoms with van der Waals surface area (Å²) in [6.07, 6.45) is 9.50. The van der Waals surface area contributed by atoms with Gasteiger partial charge in [-0.15, -0.1) is 0 Å². The van der Waals surface area contributed by atoms with E-state index in [0.29, 0.717) is 18.8 Å². The molecule has 0 spiro atoms. The van der Waals surface area contributed by atoms with Gasteiger partial charge in [0.15, 0.2) is 0 Å².